The molecule has 7 nitrogen and oxygen atoms in total. The Morgan fingerprint density at radius 2 is 1.83 bits per heavy atom. The van der Waals surface area contributed by atoms with E-state index in [2.05, 4.69) is 15.5 Å². The van der Waals surface area contributed by atoms with Crippen LogP contribution in [0.4, 0.5) is 0 Å². The predicted molar refractivity (Wildman–Crippen MR) is 89.9 cm³/mol. The van der Waals surface area contributed by atoms with Crippen LogP contribution in [0.15, 0.2) is 53.4 Å². The number of rotatable bonds is 5. The van der Waals surface area contributed by atoms with Gasteiger partial charge < -0.3 is 5.32 Å². The summed E-state index contributed by atoms with van der Waals surface area (Å²) in [5, 5.41) is 15.5. The highest BCUT2D eigenvalue weighted by molar-refractivity contribution is 7.89. The van der Waals surface area contributed by atoms with Crippen LogP contribution in [0.2, 0.25) is 0 Å². The van der Waals surface area contributed by atoms with Crippen molar-refractivity contribution in [2.45, 2.75) is 11.3 Å². The topological polar surface area (TPSA) is 118 Å². The lowest BCUT2D eigenvalue weighted by molar-refractivity contribution is 0.0950. The van der Waals surface area contributed by atoms with Crippen LogP contribution in [-0.2, 0) is 16.4 Å². The van der Waals surface area contributed by atoms with Gasteiger partial charge in [0.1, 0.15) is 0 Å². The third kappa shape index (κ3) is 3.44. The molecule has 0 saturated carbocycles. The van der Waals surface area contributed by atoms with Gasteiger partial charge in [0.2, 0.25) is 10.0 Å². The summed E-state index contributed by atoms with van der Waals surface area (Å²) in [7, 11) is -3.69. The molecule has 2 aromatic carbocycles. The first-order chi connectivity index (χ1) is 11.4. The molecular formula is C16H16N4O3S. The number of hydrogen-bond acceptors (Lipinski definition) is 4. The van der Waals surface area contributed by atoms with Crippen molar-refractivity contribution in [2.24, 2.45) is 5.14 Å². The Hall–Kier alpha value is -2.71. The summed E-state index contributed by atoms with van der Waals surface area (Å²) in [6.45, 7) is 0.411. The second kappa shape index (κ2) is 6.42. The summed E-state index contributed by atoms with van der Waals surface area (Å²) >= 11 is 0. The van der Waals surface area contributed by atoms with Crippen molar-refractivity contribution in [3.63, 3.8) is 0 Å². The Labute approximate surface area is 138 Å². The van der Waals surface area contributed by atoms with Crippen LogP contribution >= 0.6 is 0 Å². The normalized spacial score (nSPS) is 11.5. The molecule has 0 aliphatic carbocycles. The van der Waals surface area contributed by atoms with E-state index in [0.29, 0.717) is 18.7 Å². The standard InChI is InChI=1S/C16H16N4O3S/c17-24(22,23)12-7-5-11(6-8-12)9-10-18-16(21)15-13-3-1-2-4-14(13)19-20-15/h1-8H,9-10H2,(H,18,21)(H,19,20)(H2,17,22,23). The zero-order valence-electron chi connectivity index (χ0n) is 12.7. The molecule has 124 valence electrons. The predicted octanol–water partition coefficient (Wildman–Crippen LogP) is 1.18. The van der Waals surface area contributed by atoms with Gasteiger partial charge in [-0.3, -0.25) is 9.89 Å². The monoisotopic (exact) mass is 344 g/mol. The lowest BCUT2D eigenvalue weighted by atomic mass is 10.1. The minimum atomic E-state index is -3.69. The molecule has 0 radical (unpaired) electrons. The summed E-state index contributed by atoms with van der Waals surface area (Å²) in [5.74, 6) is -0.256. The van der Waals surface area contributed by atoms with E-state index < -0.39 is 10.0 Å². The summed E-state index contributed by atoms with van der Waals surface area (Å²) in [6, 6.07) is 13.7. The Balaban J connectivity index is 1.61. The maximum Gasteiger partial charge on any atom is 0.272 e. The van der Waals surface area contributed by atoms with E-state index in [1.165, 1.54) is 12.1 Å². The SMILES string of the molecule is NS(=O)(=O)c1ccc(CCNC(=O)c2n[nH]c3ccccc23)cc1. The molecule has 3 aromatic rings. The first kappa shape index (κ1) is 16.2. The number of carbonyl (C=O) groups is 1. The van der Waals surface area contributed by atoms with Gasteiger partial charge in [0.25, 0.3) is 5.91 Å². The molecule has 0 aliphatic heterocycles. The fourth-order valence-electron chi connectivity index (χ4n) is 2.39. The average molecular weight is 344 g/mol. The molecule has 0 atom stereocenters. The summed E-state index contributed by atoms with van der Waals surface area (Å²) in [6.07, 6.45) is 0.568. The smallest absolute Gasteiger partial charge is 0.272 e. The number of benzene rings is 2. The second-order valence-electron chi connectivity index (χ2n) is 5.31. The number of nitrogens with one attached hydrogen (secondary N) is 2. The quantitative estimate of drug-likeness (QED) is 0.644. The van der Waals surface area contributed by atoms with Crippen LogP contribution in [0.5, 0.6) is 0 Å². The van der Waals surface area contributed by atoms with Gasteiger partial charge in [0, 0.05) is 11.9 Å². The van der Waals surface area contributed by atoms with Crippen molar-refractivity contribution < 1.29 is 13.2 Å². The van der Waals surface area contributed by atoms with Crippen LogP contribution in [0, 0.1) is 0 Å². The second-order valence-corrected chi connectivity index (χ2v) is 6.87. The van der Waals surface area contributed by atoms with Crippen molar-refractivity contribution in [3.05, 3.63) is 59.8 Å². The van der Waals surface area contributed by atoms with Gasteiger partial charge in [0.05, 0.1) is 10.4 Å². The number of sulfonamides is 1. The van der Waals surface area contributed by atoms with E-state index >= 15 is 0 Å². The molecule has 8 heteroatoms. The van der Waals surface area contributed by atoms with E-state index in [-0.39, 0.29) is 10.8 Å². The zero-order valence-corrected chi connectivity index (χ0v) is 13.5. The van der Waals surface area contributed by atoms with Crippen LogP contribution in [0.25, 0.3) is 10.9 Å². The van der Waals surface area contributed by atoms with E-state index in [1.54, 1.807) is 12.1 Å². The van der Waals surface area contributed by atoms with E-state index in [4.69, 9.17) is 5.14 Å². The number of aromatic nitrogens is 2. The van der Waals surface area contributed by atoms with Crippen LogP contribution in [0.1, 0.15) is 16.1 Å². The molecule has 0 fully saturated rings. The van der Waals surface area contributed by atoms with E-state index in [1.807, 2.05) is 24.3 Å². The Kier molecular flexibility index (Phi) is 4.32. The largest absolute Gasteiger partial charge is 0.350 e. The molecule has 24 heavy (non-hydrogen) atoms. The molecular weight excluding hydrogens is 328 g/mol. The molecule has 1 amide bonds. The molecule has 3 rings (SSSR count). The lowest BCUT2D eigenvalue weighted by Crippen LogP contribution is -2.26. The van der Waals surface area contributed by atoms with E-state index in [9.17, 15) is 13.2 Å². The summed E-state index contributed by atoms with van der Waals surface area (Å²) in [4.78, 5) is 12.3. The number of H-pyrrole nitrogens is 1. The van der Waals surface area contributed by atoms with Gasteiger partial charge in [-0.2, -0.15) is 5.10 Å². The minimum absolute atomic E-state index is 0.0679. The van der Waals surface area contributed by atoms with Crippen molar-refractivity contribution in [3.8, 4) is 0 Å². The third-order valence-corrected chi connectivity index (χ3v) is 4.57. The molecule has 1 heterocycles. The highest BCUT2D eigenvalue weighted by Crippen LogP contribution is 2.14. The van der Waals surface area contributed by atoms with Crippen molar-refractivity contribution in [2.75, 3.05) is 6.54 Å². The highest BCUT2D eigenvalue weighted by atomic mass is 32.2. The number of amides is 1. The van der Waals surface area contributed by atoms with Crippen LogP contribution in [-0.4, -0.2) is 31.1 Å². The van der Waals surface area contributed by atoms with Crippen LogP contribution < -0.4 is 10.5 Å². The van der Waals surface area contributed by atoms with Gasteiger partial charge in [-0.05, 0) is 30.2 Å². The number of nitrogens with two attached hydrogens (primary N) is 1. The van der Waals surface area contributed by atoms with Crippen molar-refractivity contribution in [1.29, 1.82) is 0 Å². The number of primary sulfonamides is 1. The van der Waals surface area contributed by atoms with Gasteiger partial charge in [0.15, 0.2) is 5.69 Å². The molecule has 0 aliphatic rings. The van der Waals surface area contributed by atoms with Gasteiger partial charge in [-0.25, -0.2) is 13.6 Å². The average Bonchev–Trinajstić information content (AvgIpc) is 2.98. The van der Waals surface area contributed by atoms with Crippen molar-refractivity contribution in [1.82, 2.24) is 15.5 Å². The third-order valence-electron chi connectivity index (χ3n) is 3.64. The van der Waals surface area contributed by atoms with Gasteiger partial charge in [-0.1, -0.05) is 30.3 Å². The maximum absolute atomic E-state index is 12.2. The number of carbonyl (C=O) groups excluding carboxylic acids is 1. The highest BCUT2D eigenvalue weighted by Gasteiger charge is 2.13. The first-order valence-electron chi connectivity index (χ1n) is 7.28. The molecule has 4 N–H and O–H groups in total. The Morgan fingerprint density at radius 3 is 2.54 bits per heavy atom. The van der Waals surface area contributed by atoms with Gasteiger partial charge in [-0.15, -0.1) is 0 Å². The zero-order chi connectivity index (χ0) is 17.2. The first-order valence-corrected chi connectivity index (χ1v) is 8.83. The Bertz CT molecular complexity index is 978. The van der Waals surface area contributed by atoms with E-state index in [0.717, 1.165) is 16.5 Å². The minimum Gasteiger partial charge on any atom is -0.350 e. The van der Waals surface area contributed by atoms with Crippen LogP contribution in [0.3, 0.4) is 0 Å². The fraction of sp³-hybridized carbons (Fsp3) is 0.125. The molecule has 0 spiro atoms. The number of nitrogens with zero attached hydrogens (tertiary/aromatic N) is 1. The summed E-state index contributed by atoms with van der Waals surface area (Å²) in [5.41, 5.74) is 2.06. The molecule has 1 aromatic heterocycles. The lowest BCUT2D eigenvalue weighted by Gasteiger charge is -2.05. The Morgan fingerprint density at radius 1 is 1.12 bits per heavy atom. The van der Waals surface area contributed by atoms with Crippen molar-refractivity contribution >= 4 is 26.8 Å². The number of aromatic amines is 1. The number of fused-ring (bicyclic) bond motifs is 1. The number of hydrogen-bond donors (Lipinski definition) is 3. The maximum atomic E-state index is 12.2. The number of para-hydroxylation sites is 1. The summed E-state index contributed by atoms with van der Waals surface area (Å²) < 4.78 is 22.4. The van der Waals surface area contributed by atoms with Gasteiger partial charge >= 0.3 is 0 Å². The molecule has 0 bridgehead atoms. The fourth-order valence-corrected chi connectivity index (χ4v) is 2.90. The molecule has 0 unspecified atom stereocenters. The molecule has 0 saturated heterocycles.